The van der Waals surface area contributed by atoms with Crippen molar-refractivity contribution in [2.75, 3.05) is 11.1 Å². The van der Waals surface area contributed by atoms with E-state index in [0.29, 0.717) is 17.1 Å². The van der Waals surface area contributed by atoms with Crippen LogP contribution < -0.4 is 11.1 Å². The van der Waals surface area contributed by atoms with E-state index < -0.39 is 0 Å². The molecule has 0 radical (unpaired) electrons. The monoisotopic (exact) mass is 269 g/mol. The number of aromatic amines is 1. The van der Waals surface area contributed by atoms with Crippen LogP contribution in [0.4, 0.5) is 11.5 Å². The predicted molar refractivity (Wildman–Crippen MR) is 78.6 cm³/mol. The predicted octanol–water partition coefficient (Wildman–Crippen LogP) is 2.04. The van der Waals surface area contributed by atoms with Crippen molar-refractivity contribution in [3.8, 4) is 0 Å². The minimum Gasteiger partial charge on any atom is -0.399 e. The molecule has 4 N–H and O–H groups in total. The number of H-pyrrole nitrogens is 1. The summed E-state index contributed by atoms with van der Waals surface area (Å²) in [6, 6.07) is 7.25. The number of benzene rings is 1. The quantitative estimate of drug-likeness (QED) is 0.622. The Morgan fingerprint density at radius 2 is 2.20 bits per heavy atom. The summed E-state index contributed by atoms with van der Waals surface area (Å²) in [5, 5.41) is 7.89. The number of nitrogen functional groups attached to an aromatic ring is 1. The molecule has 3 aromatic rings. The topological polar surface area (TPSA) is 88.7 Å². The van der Waals surface area contributed by atoms with Crippen molar-refractivity contribution in [2.24, 2.45) is 7.05 Å². The standard InChI is InChI=1S/C14H15N5O/c1-8-5-13(19(2)18-8)17-14(20)11-7-16-12-6-9(15)3-4-10(11)12/h3-7,16H,15H2,1-2H3,(H,17,20). The number of aromatic nitrogens is 3. The molecule has 3 rings (SSSR count). The van der Waals surface area contributed by atoms with E-state index in [9.17, 15) is 4.79 Å². The highest BCUT2D eigenvalue weighted by atomic mass is 16.1. The molecule has 0 aliphatic heterocycles. The van der Waals surface area contributed by atoms with Crippen molar-refractivity contribution in [2.45, 2.75) is 6.92 Å². The maximum absolute atomic E-state index is 12.3. The Balaban J connectivity index is 1.95. The normalized spacial score (nSPS) is 10.9. The fourth-order valence-electron chi connectivity index (χ4n) is 2.24. The van der Waals surface area contributed by atoms with Crippen LogP contribution in [0.1, 0.15) is 16.1 Å². The number of rotatable bonds is 2. The maximum Gasteiger partial charge on any atom is 0.258 e. The highest BCUT2D eigenvalue weighted by molar-refractivity contribution is 6.12. The van der Waals surface area contributed by atoms with Gasteiger partial charge in [0.25, 0.3) is 5.91 Å². The number of fused-ring (bicyclic) bond motifs is 1. The molecule has 0 unspecified atom stereocenters. The molecule has 1 amide bonds. The number of carbonyl (C=O) groups excluding carboxylic acids is 1. The van der Waals surface area contributed by atoms with E-state index in [2.05, 4.69) is 15.4 Å². The second kappa shape index (κ2) is 4.41. The van der Waals surface area contributed by atoms with Crippen LogP contribution >= 0.6 is 0 Å². The molecular weight excluding hydrogens is 254 g/mol. The molecule has 0 bridgehead atoms. The lowest BCUT2D eigenvalue weighted by Gasteiger charge is -2.04. The van der Waals surface area contributed by atoms with Crippen molar-refractivity contribution < 1.29 is 4.79 Å². The average molecular weight is 269 g/mol. The van der Waals surface area contributed by atoms with Gasteiger partial charge in [-0.2, -0.15) is 5.10 Å². The van der Waals surface area contributed by atoms with Crippen molar-refractivity contribution >= 4 is 28.3 Å². The number of nitrogens with zero attached hydrogens (tertiary/aromatic N) is 2. The van der Waals surface area contributed by atoms with Gasteiger partial charge in [-0.15, -0.1) is 0 Å². The van der Waals surface area contributed by atoms with E-state index in [1.54, 1.807) is 30.1 Å². The van der Waals surface area contributed by atoms with Gasteiger partial charge in [-0.3, -0.25) is 9.48 Å². The van der Waals surface area contributed by atoms with Crippen molar-refractivity contribution in [3.63, 3.8) is 0 Å². The SMILES string of the molecule is Cc1cc(NC(=O)c2c[nH]c3cc(N)ccc23)n(C)n1. The van der Waals surface area contributed by atoms with E-state index in [4.69, 9.17) is 5.73 Å². The molecule has 0 aliphatic carbocycles. The Labute approximate surface area is 115 Å². The highest BCUT2D eigenvalue weighted by Gasteiger charge is 2.14. The Morgan fingerprint density at radius 1 is 1.40 bits per heavy atom. The van der Waals surface area contributed by atoms with Crippen molar-refractivity contribution in [3.05, 3.63) is 41.7 Å². The number of amides is 1. The number of anilines is 2. The summed E-state index contributed by atoms with van der Waals surface area (Å²) in [7, 11) is 1.79. The zero-order valence-electron chi connectivity index (χ0n) is 11.3. The molecule has 2 aromatic heterocycles. The third-order valence-corrected chi connectivity index (χ3v) is 3.19. The van der Waals surface area contributed by atoms with Crippen LogP contribution in [0.3, 0.4) is 0 Å². The van der Waals surface area contributed by atoms with Gasteiger partial charge in [0.1, 0.15) is 5.82 Å². The molecule has 0 saturated heterocycles. The molecule has 2 heterocycles. The fraction of sp³-hybridized carbons (Fsp3) is 0.143. The molecule has 6 heteroatoms. The molecule has 0 aliphatic rings. The molecule has 102 valence electrons. The van der Waals surface area contributed by atoms with E-state index in [0.717, 1.165) is 16.6 Å². The summed E-state index contributed by atoms with van der Waals surface area (Å²) in [6.07, 6.45) is 1.68. The minimum atomic E-state index is -0.177. The maximum atomic E-state index is 12.3. The fourth-order valence-corrected chi connectivity index (χ4v) is 2.24. The van der Waals surface area contributed by atoms with Gasteiger partial charge < -0.3 is 16.0 Å². The Kier molecular flexibility index (Phi) is 2.71. The molecule has 0 spiro atoms. The molecule has 6 nitrogen and oxygen atoms in total. The molecule has 0 saturated carbocycles. The number of nitrogens with one attached hydrogen (secondary N) is 2. The van der Waals surface area contributed by atoms with Crippen LogP contribution in [0.2, 0.25) is 0 Å². The molecule has 0 fully saturated rings. The highest BCUT2D eigenvalue weighted by Crippen LogP contribution is 2.21. The Bertz CT molecular complexity index is 799. The van der Waals surface area contributed by atoms with Gasteiger partial charge in [0, 0.05) is 35.9 Å². The molecule has 0 atom stereocenters. The lowest BCUT2D eigenvalue weighted by Crippen LogP contribution is -2.14. The Morgan fingerprint density at radius 3 is 2.90 bits per heavy atom. The van der Waals surface area contributed by atoms with Crippen LogP contribution in [0.15, 0.2) is 30.5 Å². The van der Waals surface area contributed by atoms with Crippen LogP contribution in [-0.2, 0) is 7.05 Å². The van der Waals surface area contributed by atoms with Crippen molar-refractivity contribution in [1.82, 2.24) is 14.8 Å². The summed E-state index contributed by atoms with van der Waals surface area (Å²) < 4.78 is 1.64. The number of nitrogens with two attached hydrogens (primary N) is 1. The third kappa shape index (κ3) is 2.01. The van der Waals surface area contributed by atoms with Crippen LogP contribution in [0, 0.1) is 6.92 Å². The minimum absolute atomic E-state index is 0.177. The first-order chi connectivity index (χ1) is 9.54. The zero-order chi connectivity index (χ0) is 14.3. The summed E-state index contributed by atoms with van der Waals surface area (Å²) in [5.41, 5.74) is 8.67. The zero-order valence-corrected chi connectivity index (χ0v) is 11.3. The van der Waals surface area contributed by atoms with Gasteiger partial charge in [0.15, 0.2) is 0 Å². The van der Waals surface area contributed by atoms with E-state index >= 15 is 0 Å². The third-order valence-electron chi connectivity index (χ3n) is 3.19. The van der Waals surface area contributed by atoms with E-state index in [-0.39, 0.29) is 5.91 Å². The van der Waals surface area contributed by atoms with Crippen molar-refractivity contribution in [1.29, 1.82) is 0 Å². The number of carbonyl (C=O) groups is 1. The number of hydrogen-bond donors (Lipinski definition) is 3. The Hall–Kier alpha value is -2.76. The second-order valence-corrected chi connectivity index (χ2v) is 4.76. The lowest BCUT2D eigenvalue weighted by atomic mass is 10.1. The first-order valence-corrected chi connectivity index (χ1v) is 6.23. The molecule has 20 heavy (non-hydrogen) atoms. The van der Waals surface area contributed by atoms with E-state index in [1.807, 2.05) is 19.1 Å². The van der Waals surface area contributed by atoms with Crippen LogP contribution in [0.5, 0.6) is 0 Å². The largest absolute Gasteiger partial charge is 0.399 e. The second-order valence-electron chi connectivity index (χ2n) is 4.76. The van der Waals surface area contributed by atoms with Crippen LogP contribution in [0.25, 0.3) is 10.9 Å². The van der Waals surface area contributed by atoms with Gasteiger partial charge in [-0.25, -0.2) is 0 Å². The van der Waals surface area contributed by atoms with Crippen LogP contribution in [-0.4, -0.2) is 20.7 Å². The first-order valence-electron chi connectivity index (χ1n) is 6.23. The summed E-state index contributed by atoms with van der Waals surface area (Å²) in [6.45, 7) is 1.88. The van der Waals surface area contributed by atoms with Gasteiger partial charge in [0.05, 0.1) is 11.3 Å². The van der Waals surface area contributed by atoms with Gasteiger partial charge in [-0.05, 0) is 25.1 Å². The lowest BCUT2D eigenvalue weighted by molar-refractivity contribution is 0.102. The molecular formula is C14H15N5O. The van der Waals surface area contributed by atoms with Gasteiger partial charge >= 0.3 is 0 Å². The average Bonchev–Trinajstić information content (AvgIpc) is 2.92. The van der Waals surface area contributed by atoms with Gasteiger partial charge in [0.2, 0.25) is 0 Å². The summed E-state index contributed by atoms with van der Waals surface area (Å²) in [4.78, 5) is 15.4. The molecule has 1 aromatic carbocycles. The summed E-state index contributed by atoms with van der Waals surface area (Å²) >= 11 is 0. The number of hydrogen-bond acceptors (Lipinski definition) is 3. The first kappa shape index (κ1) is 12.3. The number of aryl methyl sites for hydroxylation is 2. The van der Waals surface area contributed by atoms with E-state index in [1.165, 1.54) is 0 Å². The summed E-state index contributed by atoms with van der Waals surface area (Å²) in [5.74, 6) is 0.487. The van der Waals surface area contributed by atoms with Gasteiger partial charge in [-0.1, -0.05) is 0 Å². The smallest absolute Gasteiger partial charge is 0.258 e.